The third-order valence-corrected chi connectivity index (χ3v) is 2.70. The SMILES string of the molecule is C=CC(=O)N(C)Cc1cccc(OC(F)(F)F)c1OCCC. The molecule has 0 heterocycles. The lowest BCUT2D eigenvalue weighted by molar-refractivity contribution is -0.275. The number of likely N-dealkylation sites (N-methyl/N-ethyl adjacent to an activating group) is 1. The Morgan fingerprint density at radius 1 is 1.41 bits per heavy atom. The van der Waals surface area contributed by atoms with E-state index >= 15 is 0 Å². The zero-order chi connectivity index (χ0) is 16.8. The predicted molar refractivity (Wildman–Crippen MR) is 75.6 cm³/mol. The topological polar surface area (TPSA) is 38.8 Å². The van der Waals surface area contributed by atoms with Crippen molar-refractivity contribution in [3.05, 3.63) is 36.4 Å². The number of nitrogens with zero attached hydrogens (tertiary/aromatic N) is 1. The Bertz CT molecular complexity index is 529. The van der Waals surface area contributed by atoms with Crippen LogP contribution in [-0.2, 0) is 11.3 Å². The lowest BCUT2D eigenvalue weighted by atomic mass is 10.1. The lowest BCUT2D eigenvalue weighted by Crippen LogP contribution is -2.24. The van der Waals surface area contributed by atoms with E-state index in [-0.39, 0.29) is 24.8 Å². The van der Waals surface area contributed by atoms with Gasteiger partial charge < -0.3 is 14.4 Å². The largest absolute Gasteiger partial charge is 0.573 e. The van der Waals surface area contributed by atoms with Crippen LogP contribution in [0.25, 0.3) is 0 Å². The van der Waals surface area contributed by atoms with E-state index < -0.39 is 12.1 Å². The fourth-order valence-corrected chi connectivity index (χ4v) is 1.75. The highest BCUT2D eigenvalue weighted by Gasteiger charge is 2.33. The van der Waals surface area contributed by atoms with E-state index in [9.17, 15) is 18.0 Å². The summed E-state index contributed by atoms with van der Waals surface area (Å²) >= 11 is 0. The highest BCUT2D eigenvalue weighted by Crippen LogP contribution is 2.35. The number of amides is 1. The van der Waals surface area contributed by atoms with E-state index in [0.29, 0.717) is 12.0 Å². The van der Waals surface area contributed by atoms with Crippen LogP contribution in [0.4, 0.5) is 13.2 Å². The molecular formula is C15H18F3NO3. The van der Waals surface area contributed by atoms with E-state index in [1.54, 1.807) is 6.07 Å². The number of halogens is 3. The Labute approximate surface area is 127 Å². The van der Waals surface area contributed by atoms with Crippen molar-refractivity contribution in [3.63, 3.8) is 0 Å². The normalized spacial score (nSPS) is 11.0. The molecule has 0 aliphatic rings. The van der Waals surface area contributed by atoms with Gasteiger partial charge in [0, 0.05) is 19.2 Å². The molecule has 0 spiro atoms. The first-order valence-corrected chi connectivity index (χ1v) is 6.66. The summed E-state index contributed by atoms with van der Waals surface area (Å²) in [6.07, 6.45) is -3.06. The van der Waals surface area contributed by atoms with Gasteiger partial charge in [0.25, 0.3) is 0 Å². The number of rotatable bonds is 7. The van der Waals surface area contributed by atoms with Crippen LogP contribution in [0.2, 0.25) is 0 Å². The van der Waals surface area contributed by atoms with Crippen molar-refractivity contribution in [2.45, 2.75) is 26.3 Å². The standard InChI is InChI=1S/C15H18F3NO3/c1-4-9-21-14-11(10-19(3)13(20)5-2)7-6-8-12(14)22-15(16,17)18/h5-8H,2,4,9-10H2,1,3H3. The Hall–Kier alpha value is -2.18. The lowest BCUT2D eigenvalue weighted by Gasteiger charge is -2.20. The molecular weight excluding hydrogens is 299 g/mol. The maximum absolute atomic E-state index is 12.5. The van der Waals surface area contributed by atoms with E-state index in [1.165, 1.54) is 24.1 Å². The summed E-state index contributed by atoms with van der Waals surface area (Å²) in [6.45, 7) is 5.52. The van der Waals surface area contributed by atoms with Crippen LogP contribution in [-0.4, -0.2) is 30.8 Å². The third-order valence-electron chi connectivity index (χ3n) is 2.70. The summed E-state index contributed by atoms with van der Waals surface area (Å²) in [7, 11) is 1.52. The Balaban J connectivity index is 3.11. The van der Waals surface area contributed by atoms with Gasteiger partial charge in [0.2, 0.25) is 5.91 Å². The highest BCUT2D eigenvalue weighted by molar-refractivity contribution is 5.86. The zero-order valence-electron chi connectivity index (χ0n) is 12.4. The van der Waals surface area contributed by atoms with Gasteiger partial charge in [0.15, 0.2) is 11.5 Å². The average Bonchev–Trinajstić information content (AvgIpc) is 2.44. The molecule has 0 N–H and O–H groups in total. The molecule has 0 aliphatic carbocycles. The molecule has 0 saturated heterocycles. The van der Waals surface area contributed by atoms with Gasteiger partial charge in [-0.05, 0) is 18.6 Å². The van der Waals surface area contributed by atoms with Crippen LogP contribution < -0.4 is 9.47 Å². The molecule has 0 atom stereocenters. The summed E-state index contributed by atoms with van der Waals surface area (Å²) in [6, 6.07) is 4.18. The second-order valence-electron chi connectivity index (χ2n) is 4.54. The molecule has 4 nitrogen and oxygen atoms in total. The Kier molecular flexibility index (Phi) is 6.27. The first-order valence-electron chi connectivity index (χ1n) is 6.66. The van der Waals surface area contributed by atoms with Crippen LogP contribution in [0.3, 0.4) is 0 Å². The minimum atomic E-state index is -4.81. The summed E-state index contributed by atoms with van der Waals surface area (Å²) < 4.78 is 46.8. The first kappa shape index (κ1) is 17.9. The molecule has 22 heavy (non-hydrogen) atoms. The van der Waals surface area contributed by atoms with Crippen molar-refractivity contribution < 1.29 is 27.4 Å². The van der Waals surface area contributed by atoms with Crippen molar-refractivity contribution >= 4 is 5.91 Å². The summed E-state index contributed by atoms with van der Waals surface area (Å²) in [5, 5.41) is 0. The number of hydrogen-bond acceptors (Lipinski definition) is 3. The van der Waals surface area contributed by atoms with Crippen LogP contribution >= 0.6 is 0 Å². The van der Waals surface area contributed by atoms with Crippen molar-refractivity contribution in [2.75, 3.05) is 13.7 Å². The zero-order valence-corrected chi connectivity index (χ0v) is 12.4. The van der Waals surface area contributed by atoms with Crippen LogP contribution in [0, 0.1) is 0 Å². The maximum atomic E-state index is 12.5. The van der Waals surface area contributed by atoms with Gasteiger partial charge >= 0.3 is 6.36 Å². The van der Waals surface area contributed by atoms with Gasteiger partial charge in [0.05, 0.1) is 6.61 Å². The second-order valence-corrected chi connectivity index (χ2v) is 4.54. The molecule has 0 fully saturated rings. The number of hydrogen-bond donors (Lipinski definition) is 0. The number of carbonyl (C=O) groups excluding carboxylic acids is 1. The van der Waals surface area contributed by atoms with Gasteiger partial charge in [-0.25, -0.2) is 0 Å². The number of para-hydroxylation sites is 1. The van der Waals surface area contributed by atoms with Crippen molar-refractivity contribution in [3.8, 4) is 11.5 Å². The van der Waals surface area contributed by atoms with Gasteiger partial charge in [-0.1, -0.05) is 25.6 Å². The molecule has 0 radical (unpaired) electrons. The Morgan fingerprint density at radius 2 is 2.09 bits per heavy atom. The highest BCUT2D eigenvalue weighted by atomic mass is 19.4. The molecule has 0 unspecified atom stereocenters. The van der Waals surface area contributed by atoms with E-state index in [1.807, 2.05) is 6.92 Å². The van der Waals surface area contributed by atoms with Crippen LogP contribution in [0.5, 0.6) is 11.5 Å². The van der Waals surface area contributed by atoms with Crippen LogP contribution in [0.1, 0.15) is 18.9 Å². The van der Waals surface area contributed by atoms with Crippen LogP contribution in [0.15, 0.2) is 30.9 Å². The monoisotopic (exact) mass is 317 g/mol. The number of carbonyl (C=O) groups is 1. The van der Waals surface area contributed by atoms with Crippen molar-refractivity contribution in [1.82, 2.24) is 4.90 Å². The molecule has 1 rings (SSSR count). The molecule has 0 bridgehead atoms. The van der Waals surface area contributed by atoms with E-state index in [2.05, 4.69) is 11.3 Å². The van der Waals surface area contributed by atoms with E-state index in [4.69, 9.17) is 4.74 Å². The van der Waals surface area contributed by atoms with Gasteiger partial charge in [0.1, 0.15) is 0 Å². The van der Waals surface area contributed by atoms with Gasteiger partial charge in [-0.15, -0.1) is 13.2 Å². The summed E-state index contributed by atoms with van der Waals surface area (Å²) in [5.41, 5.74) is 0.424. The minimum absolute atomic E-state index is 0.00890. The predicted octanol–water partition coefficient (Wildman–Crippen LogP) is 3.52. The molecule has 7 heteroatoms. The number of benzene rings is 1. The minimum Gasteiger partial charge on any atom is -0.489 e. The first-order chi connectivity index (χ1) is 10.3. The van der Waals surface area contributed by atoms with Crippen molar-refractivity contribution in [2.24, 2.45) is 0 Å². The maximum Gasteiger partial charge on any atom is 0.573 e. The fourth-order valence-electron chi connectivity index (χ4n) is 1.75. The molecule has 1 aromatic carbocycles. The fraction of sp³-hybridized carbons (Fsp3) is 0.400. The quantitative estimate of drug-likeness (QED) is 0.722. The second kappa shape index (κ2) is 7.72. The molecule has 1 amide bonds. The molecule has 0 saturated carbocycles. The van der Waals surface area contributed by atoms with E-state index in [0.717, 1.165) is 6.08 Å². The van der Waals surface area contributed by atoms with Crippen molar-refractivity contribution in [1.29, 1.82) is 0 Å². The summed E-state index contributed by atoms with van der Waals surface area (Å²) in [5.74, 6) is -0.771. The summed E-state index contributed by atoms with van der Waals surface area (Å²) in [4.78, 5) is 12.8. The van der Waals surface area contributed by atoms with Gasteiger partial charge in [-0.3, -0.25) is 4.79 Å². The molecule has 122 valence electrons. The Morgan fingerprint density at radius 3 is 2.64 bits per heavy atom. The molecule has 0 aromatic heterocycles. The smallest absolute Gasteiger partial charge is 0.489 e. The number of alkyl halides is 3. The molecule has 1 aromatic rings. The number of ether oxygens (including phenoxy) is 2. The molecule has 0 aliphatic heterocycles. The third kappa shape index (κ3) is 5.31. The average molecular weight is 317 g/mol. The van der Waals surface area contributed by atoms with Gasteiger partial charge in [-0.2, -0.15) is 0 Å².